The third-order valence-corrected chi connectivity index (χ3v) is 2.17. The van der Waals surface area contributed by atoms with E-state index in [1.165, 1.54) is 4.57 Å². The lowest BCUT2D eigenvalue weighted by molar-refractivity contribution is 0.552. The van der Waals surface area contributed by atoms with Crippen molar-refractivity contribution in [3.63, 3.8) is 0 Å². The van der Waals surface area contributed by atoms with E-state index in [0.29, 0.717) is 5.56 Å². The molecule has 1 aromatic heterocycles. The standard InChI is InChI=1S/C10H16N2O2/c1-6(2)8-5-12(7(3)4)10(14)11-9(8)13/h5-7H,1-4H3,(H,11,13,14). The Morgan fingerprint density at radius 3 is 2.21 bits per heavy atom. The minimum Gasteiger partial charge on any atom is -0.298 e. The number of nitrogens with one attached hydrogen (secondary N) is 1. The number of aromatic amines is 1. The minimum atomic E-state index is -0.339. The third kappa shape index (κ3) is 1.95. The van der Waals surface area contributed by atoms with Gasteiger partial charge < -0.3 is 0 Å². The van der Waals surface area contributed by atoms with E-state index in [1.54, 1.807) is 6.20 Å². The number of nitrogens with zero attached hydrogens (tertiary/aromatic N) is 1. The lowest BCUT2D eigenvalue weighted by atomic mass is 10.1. The van der Waals surface area contributed by atoms with Crippen LogP contribution in [0.4, 0.5) is 0 Å². The van der Waals surface area contributed by atoms with Gasteiger partial charge in [-0.2, -0.15) is 0 Å². The van der Waals surface area contributed by atoms with Crippen LogP contribution in [0, 0.1) is 0 Å². The van der Waals surface area contributed by atoms with Crippen LogP contribution in [0.5, 0.6) is 0 Å². The Morgan fingerprint density at radius 2 is 1.79 bits per heavy atom. The quantitative estimate of drug-likeness (QED) is 0.773. The SMILES string of the molecule is CC(C)c1cn(C(C)C)c(=O)[nH]c1=O. The number of H-pyrrole nitrogens is 1. The molecule has 1 N–H and O–H groups in total. The molecule has 0 aliphatic heterocycles. The highest BCUT2D eigenvalue weighted by molar-refractivity contribution is 5.09. The fourth-order valence-corrected chi connectivity index (χ4v) is 1.30. The van der Waals surface area contributed by atoms with E-state index in [0.717, 1.165) is 0 Å². The third-order valence-electron chi connectivity index (χ3n) is 2.17. The largest absolute Gasteiger partial charge is 0.328 e. The van der Waals surface area contributed by atoms with Gasteiger partial charge in [-0.25, -0.2) is 4.79 Å². The maximum Gasteiger partial charge on any atom is 0.328 e. The molecule has 0 spiro atoms. The summed E-state index contributed by atoms with van der Waals surface area (Å²) in [6.07, 6.45) is 1.65. The van der Waals surface area contributed by atoms with E-state index in [2.05, 4.69) is 4.98 Å². The van der Waals surface area contributed by atoms with Crippen molar-refractivity contribution >= 4 is 0 Å². The monoisotopic (exact) mass is 196 g/mol. The first kappa shape index (κ1) is 10.8. The second kappa shape index (κ2) is 3.82. The molecule has 0 amide bonds. The first-order chi connectivity index (χ1) is 6.43. The summed E-state index contributed by atoms with van der Waals surface area (Å²) in [4.78, 5) is 25.1. The highest BCUT2D eigenvalue weighted by Gasteiger charge is 2.09. The van der Waals surface area contributed by atoms with Gasteiger partial charge in [0, 0.05) is 17.8 Å². The van der Waals surface area contributed by atoms with Crippen molar-refractivity contribution in [1.29, 1.82) is 0 Å². The Morgan fingerprint density at radius 1 is 1.21 bits per heavy atom. The van der Waals surface area contributed by atoms with Gasteiger partial charge in [-0.15, -0.1) is 0 Å². The van der Waals surface area contributed by atoms with Gasteiger partial charge in [0.1, 0.15) is 0 Å². The number of hydrogen-bond donors (Lipinski definition) is 1. The fourth-order valence-electron chi connectivity index (χ4n) is 1.30. The van der Waals surface area contributed by atoms with Crippen molar-refractivity contribution in [2.24, 2.45) is 0 Å². The van der Waals surface area contributed by atoms with E-state index < -0.39 is 0 Å². The first-order valence-corrected chi connectivity index (χ1v) is 4.79. The van der Waals surface area contributed by atoms with E-state index in [-0.39, 0.29) is 23.2 Å². The van der Waals surface area contributed by atoms with Gasteiger partial charge >= 0.3 is 5.69 Å². The Balaban J connectivity index is 3.43. The zero-order valence-corrected chi connectivity index (χ0v) is 9.00. The molecule has 4 heteroatoms. The van der Waals surface area contributed by atoms with Gasteiger partial charge in [0.15, 0.2) is 0 Å². The highest BCUT2D eigenvalue weighted by atomic mass is 16.2. The summed E-state index contributed by atoms with van der Waals surface area (Å²) in [7, 11) is 0. The van der Waals surface area contributed by atoms with Crippen molar-refractivity contribution in [3.8, 4) is 0 Å². The van der Waals surface area contributed by atoms with Crippen LogP contribution in [0.1, 0.15) is 45.2 Å². The molecule has 1 heterocycles. The van der Waals surface area contributed by atoms with Gasteiger partial charge in [0.25, 0.3) is 5.56 Å². The smallest absolute Gasteiger partial charge is 0.298 e. The zero-order chi connectivity index (χ0) is 10.9. The summed E-state index contributed by atoms with van der Waals surface area (Å²) in [6.45, 7) is 7.67. The Hall–Kier alpha value is -1.32. The number of aromatic nitrogens is 2. The molecule has 0 radical (unpaired) electrons. The molecular formula is C10H16N2O2. The molecule has 0 unspecified atom stereocenters. The van der Waals surface area contributed by atoms with E-state index in [1.807, 2.05) is 27.7 Å². The predicted octanol–water partition coefficient (Wildman–Crippen LogP) is 1.24. The predicted molar refractivity (Wildman–Crippen MR) is 55.8 cm³/mol. The van der Waals surface area contributed by atoms with Crippen LogP contribution in [-0.4, -0.2) is 9.55 Å². The summed E-state index contributed by atoms with van der Waals surface area (Å²) in [5.41, 5.74) is 0.0367. The second-order valence-electron chi connectivity index (χ2n) is 4.00. The molecular weight excluding hydrogens is 180 g/mol. The average Bonchev–Trinajstić information content (AvgIpc) is 2.02. The maximum atomic E-state index is 11.4. The van der Waals surface area contributed by atoms with Crippen LogP contribution >= 0.6 is 0 Å². The molecule has 0 aliphatic rings. The van der Waals surface area contributed by atoms with Crippen LogP contribution in [0.3, 0.4) is 0 Å². The van der Waals surface area contributed by atoms with Crippen LogP contribution in [0.25, 0.3) is 0 Å². The maximum absolute atomic E-state index is 11.4. The van der Waals surface area contributed by atoms with Crippen molar-refractivity contribution in [1.82, 2.24) is 9.55 Å². The van der Waals surface area contributed by atoms with E-state index >= 15 is 0 Å². The van der Waals surface area contributed by atoms with Gasteiger partial charge in [-0.1, -0.05) is 13.8 Å². The average molecular weight is 196 g/mol. The van der Waals surface area contributed by atoms with Gasteiger partial charge in [-0.05, 0) is 19.8 Å². The van der Waals surface area contributed by atoms with Gasteiger partial charge in [0.2, 0.25) is 0 Å². The minimum absolute atomic E-state index is 0.0665. The highest BCUT2D eigenvalue weighted by Crippen LogP contribution is 2.08. The van der Waals surface area contributed by atoms with Gasteiger partial charge in [-0.3, -0.25) is 14.3 Å². The second-order valence-corrected chi connectivity index (χ2v) is 4.00. The van der Waals surface area contributed by atoms with Crippen molar-refractivity contribution in [2.75, 3.05) is 0 Å². The summed E-state index contributed by atoms with van der Waals surface area (Å²) in [5.74, 6) is 0.129. The molecule has 1 aromatic rings. The van der Waals surface area contributed by atoms with E-state index in [4.69, 9.17) is 0 Å². The fraction of sp³-hybridized carbons (Fsp3) is 0.600. The molecule has 14 heavy (non-hydrogen) atoms. The molecule has 0 bridgehead atoms. The molecule has 0 atom stereocenters. The summed E-state index contributed by atoms with van der Waals surface area (Å²) in [5, 5.41) is 0. The lowest BCUT2D eigenvalue weighted by Gasteiger charge is -2.11. The Labute approximate surface area is 82.6 Å². The van der Waals surface area contributed by atoms with Crippen LogP contribution < -0.4 is 11.2 Å². The van der Waals surface area contributed by atoms with Crippen LogP contribution in [0.15, 0.2) is 15.8 Å². The first-order valence-electron chi connectivity index (χ1n) is 4.79. The van der Waals surface area contributed by atoms with E-state index in [9.17, 15) is 9.59 Å². The van der Waals surface area contributed by atoms with Crippen molar-refractivity contribution in [2.45, 2.75) is 39.7 Å². The molecule has 4 nitrogen and oxygen atoms in total. The number of rotatable bonds is 2. The molecule has 0 fully saturated rings. The van der Waals surface area contributed by atoms with Gasteiger partial charge in [0.05, 0.1) is 0 Å². The molecule has 0 saturated carbocycles. The Kier molecular flexibility index (Phi) is 2.93. The molecule has 0 aliphatic carbocycles. The normalized spacial score (nSPS) is 11.3. The van der Waals surface area contributed by atoms with Crippen LogP contribution in [-0.2, 0) is 0 Å². The zero-order valence-electron chi connectivity index (χ0n) is 9.00. The summed E-state index contributed by atoms with van der Waals surface area (Å²) in [6, 6.07) is 0.0665. The van der Waals surface area contributed by atoms with Crippen LogP contribution in [0.2, 0.25) is 0 Å². The van der Waals surface area contributed by atoms with Crippen molar-refractivity contribution in [3.05, 3.63) is 32.6 Å². The molecule has 78 valence electrons. The Bertz CT molecular complexity index is 389. The summed E-state index contributed by atoms with van der Waals surface area (Å²) >= 11 is 0. The topological polar surface area (TPSA) is 54.9 Å². The molecule has 0 saturated heterocycles. The molecule has 1 rings (SSSR count). The number of hydrogen-bond acceptors (Lipinski definition) is 2. The molecule has 0 aromatic carbocycles. The summed E-state index contributed by atoms with van der Waals surface area (Å²) < 4.78 is 1.54. The lowest BCUT2D eigenvalue weighted by Crippen LogP contribution is -2.33. The van der Waals surface area contributed by atoms with Crippen molar-refractivity contribution < 1.29 is 0 Å².